The van der Waals surface area contributed by atoms with E-state index in [0.29, 0.717) is 6.54 Å². The Kier molecular flexibility index (Phi) is 5.65. The molecule has 0 aromatic carbocycles. The zero-order valence-electron chi connectivity index (χ0n) is 9.88. The normalized spacial score (nSPS) is 19.1. The molecule has 0 aliphatic carbocycles. The minimum absolute atomic E-state index is 0.101. The zero-order valence-corrected chi connectivity index (χ0v) is 9.88. The molecule has 4 nitrogen and oxygen atoms in total. The van der Waals surface area contributed by atoms with Gasteiger partial charge < -0.3 is 15.5 Å². The molecule has 0 aromatic heterocycles. The highest BCUT2D eigenvalue weighted by molar-refractivity contribution is 5.78. The van der Waals surface area contributed by atoms with Gasteiger partial charge in [0, 0.05) is 12.6 Å². The summed E-state index contributed by atoms with van der Waals surface area (Å²) in [7, 11) is 0. The molecule has 1 unspecified atom stereocenters. The van der Waals surface area contributed by atoms with Gasteiger partial charge in [-0.1, -0.05) is 6.92 Å². The van der Waals surface area contributed by atoms with Crippen molar-refractivity contribution in [2.75, 3.05) is 32.7 Å². The zero-order chi connectivity index (χ0) is 11.1. The first-order chi connectivity index (χ1) is 7.22. The number of nitrogens with zero attached hydrogens (tertiary/aromatic N) is 1. The second-order valence-corrected chi connectivity index (χ2v) is 4.26. The number of likely N-dealkylation sites (N-methyl/N-ethyl adjacent to an activating group) is 1. The predicted octanol–water partition coefficient (Wildman–Crippen LogP) is 0.196. The van der Waals surface area contributed by atoms with Crippen molar-refractivity contribution >= 4 is 5.91 Å². The average molecular weight is 213 g/mol. The molecular formula is C11H23N3O. The van der Waals surface area contributed by atoms with E-state index < -0.39 is 0 Å². The summed E-state index contributed by atoms with van der Waals surface area (Å²) in [6, 6.07) is 0.259. The highest BCUT2D eigenvalue weighted by Crippen LogP contribution is 2.07. The summed E-state index contributed by atoms with van der Waals surface area (Å²) in [6.45, 7) is 8.70. The molecule has 1 atom stereocenters. The third-order valence-corrected chi connectivity index (χ3v) is 2.67. The lowest BCUT2D eigenvalue weighted by Gasteiger charge is -2.21. The van der Waals surface area contributed by atoms with E-state index in [2.05, 4.69) is 22.5 Å². The highest BCUT2D eigenvalue weighted by Gasteiger charge is 2.15. The van der Waals surface area contributed by atoms with Gasteiger partial charge in [0.2, 0.25) is 5.91 Å². The van der Waals surface area contributed by atoms with E-state index in [4.69, 9.17) is 0 Å². The van der Waals surface area contributed by atoms with E-state index >= 15 is 0 Å². The van der Waals surface area contributed by atoms with Crippen LogP contribution >= 0.6 is 0 Å². The second-order valence-electron chi connectivity index (χ2n) is 4.26. The summed E-state index contributed by atoms with van der Waals surface area (Å²) >= 11 is 0. The number of nitrogens with one attached hydrogen (secondary N) is 2. The van der Waals surface area contributed by atoms with Gasteiger partial charge in [0.05, 0.1) is 6.54 Å². The van der Waals surface area contributed by atoms with E-state index in [1.807, 2.05) is 6.92 Å². The van der Waals surface area contributed by atoms with Crippen molar-refractivity contribution in [3.05, 3.63) is 0 Å². The fraction of sp³-hybridized carbons (Fsp3) is 0.909. The summed E-state index contributed by atoms with van der Waals surface area (Å²) in [6.07, 6.45) is 2.61. The molecule has 0 aromatic rings. The van der Waals surface area contributed by atoms with Gasteiger partial charge in [-0.05, 0) is 39.4 Å². The number of rotatable bonds is 6. The Morgan fingerprint density at radius 3 is 2.67 bits per heavy atom. The number of hydrogen-bond acceptors (Lipinski definition) is 3. The van der Waals surface area contributed by atoms with Crippen molar-refractivity contribution < 1.29 is 4.79 Å². The maximum absolute atomic E-state index is 11.4. The summed E-state index contributed by atoms with van der Waals surface area (Å²) in [5, 5.41) is 6.02. The number of carbonyl (C=O) groups excluding carboxylic acids is 1. The van der Waals surface area contributed by atoms with Crippen molar-refractivity contribution in [3.8, 4) is 0 Å². The van der Waals surface area contributed by atoms with Crippen LogP contribution in [0.15, 0.2) is 0 Å². The van der Waals surface area contributed by atoms with Gasteiger partial charge in [-0.25, -0.2) is 0 Å². The minimum atomic E-state index is 0.101. The molecule has 0 saturated carbocycles. The van der Waals surface area contributed by atoms with Crippen molar-refractivity contribution in [2.24, 2.45) is 0 Å². The maximum atomic E-state index is 11.4. The lowest BCUT2D eigenvalue weighted by Crippen LogP contribution is -2.44. The van der Waals surface area contributed by atoms with Gasteiger partial charge in [0.1, 0.15) is 0 Å². The van der Waals surface area contributed by atoms with Crippen molar-refractivity contribution in [2.45, 2.75) is 32.7 Å². The van der Waals surface area contributed by atoms with Crippen LogP contribution in [0.4, 0.5) is 0 Å². The number of carbonyl (C=O) groups is 1. The summed E-state index contributed by atoms with van der Waals surface area (Å²) in [5.41, 5.74) is 0. The van der Waals surface area contributed by atoms with Crippen LogP contribution in [0.3, 0.4) is 0 Å². The molecule has 88 valence electrons. The molecule has 1 aliphatic rings. The van der Waals surface area contributed by atoms with E-state index in [0.717, 1.165) is 13.1 Å². The second kappa shape index (κ2) is 6.80. The van der Waals surface area contributed by atoms with Gasteiger partial charge in [0.25, 0.3) is 0 Å². The Morgan fingerprint density at radius 1 is 1.40 bits per heavy atom. The van der Waals surface area contributed by atoms with Gasteiger partial charge in [-0.15, -0.1) is 0 Å². The first-order valence-electron chi connectivity index (χ1n) is 5.94. The molecule has 1 saturated heterocycles. The van der Waals surface area contributed by atoms with Gasteiger partial charge in [-0.3, -0.25) is 4.79 Å². The number of likely N-dealkylation sites (tertiary alicyclic amines) is 1. The quantitative estimate of drug-likeness (QED) is 0.662. The van der Waals surface area contributed by atoms with Crippen LogP contribution in [0.25, 0.3) is 0 Å². The largest absolute Gasteiger partial charge is 0.351 e. The van der Waals surface area contributed by atoms with E-state index in [1.165, 1.54) is 25.9 Å². The Balaban J connectivity index is 2.11. The van der Waals surface area contributed by atoms with Crippen LogP contribution < -0.4 is 10.6 Å². The highest BCUT2D eigenvalue weighted by atomic mass is 16.1. The molecule has 15 heavy (non-hydrogen) atoms. The Hall–Kier alpha value is -0.610. The summed E-state index contributed by atoms with van der Waals surface area (Å²) in [4.78, 5) is 13.8. The third-order valence-electron chi connectivity index (χ3n) is 2.67. The van der Waals surface area contributed by atoms with Crippen molar-refractivity contribution in [1.29, 1.82) is 0 Å². The molecule has 0 spiro atoms. The SMILES string of the molecule is CCNCC(=O)NC(C)CN1CCCC1. The number of hydrogen-bond donors (Lipinski definition) is 2. The molecule has 1 aliphatic heterocycles. The van der Waals surface area contributed by atoms with Crippen LogP contribution in [0, 0.1) is 0 Å². The van der Waals surface area contributed by atoms with E-state index in [9.17, 15) is 4.79 Å². The van der Waals surface area contributed by atoms with Crippen molar-refractivity contribution in [3.63, 3.8) is 0 Å². The van der Waals surface area contributed by atoms with Gasteiger partial charge in [0.15, 0.2) is 0 Å². The topological polar surface area (TPSA) is 44.4 Å². The molecule has 4 heteroatoms. The lowest BCUT2D eigenvalue weighted by atomic mass is 10.3. The van der Waals surface area contributed by atoms with E-state index in [1.54, 1.807) is 0 Å². The Labute approximate surface area is 92.4 Å². The maximum Gasteiger partial charge on any atom is 0.234 e. The molecule has 0 bridgehead atoms. The lowest BCUT2D eigenvalue weighted by molar-refractivity contribution is -0.120. The summed E-state index contributed by atoms with van der Waals surface area (Å²) < 4.78 is 0. The summed E-state index contributed by atoms with van der Waals surface area (Å²) in [5.74, 6) is 0.101. The van der Waals surface area contributed by atoms with Crippen LogP contribution in [0.1, 0.15) is 26.7 Å². The number of amides is 1. The van der Waals surface area contributed by atoms with Crippen LogP contribution in [0.2, 0.25) is 0 Å². The predicted molar refractivity (Wildman–Crippen MR) is 61.8 cm³/mol. The van der Waals surface area contributed by atoms with Crippen LogP contribution in [-0.4, -0.2) is 49.6 Å². The van der Waals surface area contributed by atoms with E-state index in [-0.39, 0.29) is 11.9 Å². The average Bonchev–Trinajstić information content (AvgIpc) is 2.67. The standard InChI is InChI=1S/C11H23N3O/c1-3-12-8-11(15)13-10(2)9-14-6-4-5-7-14/h10,12H,3-9H2,1-2H3,(H,13,15). The first-order valence-corrected chi connectivity index (χ1v) is 5.94. The smallest absolute Gasteiger partial charge is 0.234 e. The molecule has 0 radical (unpaired) electrons. The van der Waals surface area contributed by atoms with Crippen LogP contribution in [-0.2, 0) is 4.79 Å². The Morgan fingerprint density at radius 2 is 2.07 bits per heavy atom. The van der Waals surface area contributed by atoms with Gasteiger partial charge >= 0.3 is 0 Å². The fourth-order valence-electron chi connectivity index (χ4n) is 1.96. The van der Waals surface area contributed by atoms with Crippen LogP contribution in [0.5, 0.6) is 0 Å². The first kappa shape index (κ1) is 12.5. The monoisotopic (exact) mass is 213 g/mol. The molecule has 1 amide bonds. The molecule has 1 rings (SSSR count). The Bertz CT molecular complexity index is 190. The molecule has 1 fully saturated rings. The molecule has 2 N–H and O–H groups in total. The minimum Gasteiger partial charge on any atom is -0.351 e. The fourth-order valence-corrected chi connectivity index (χ4v) is 1.96. The third kappa shape index (κ3) is 5.14. The van der Waals surface area contributed by atoms with Crippen molar-refractivity contribution in [1.82, 2.24) is 15.5 Å². The molecule has 1 heterocycles. The molecular weight excluding hydrogens is 190 g/mol. The van der Waals surface area contributed by atoms with Gasteiger partial charge in [-0.2, -0.15) is 0 Å².